The van der Waals surface area contributed by atoms with Gasteiger partial charge in [0.1, 0.15) is 11.2 Å². The van der Waals surface area contributed by atoms with Crippen LogP contribution in [0.25, 0.3) is 100 Å². The van der Waals surface area contributed by atoms with Crippen LogP contribution in [0, 0.1) is 0 Å². The molecule has 0 bridgehead atoms. The van der Waals surface area contributed by atoms with Crippen LogP contribution in [-0.2, 0) is 5.41 Å². The molecular weight excluding hydrogens is 731 g/mol. The molecule has 0 radical (unpaired) electrons. The molecule has 60 heavy (non-hydrogen) atoms. The zero-order valence-electron chi connectivity index (χ0n) is 32.3. The van der Waals surface area contributed by atoms with Crippen LogP contribution >= 0.6 is 0 Å². The number of aromatic nitrogens is 3. The van der Waals surface area contributed by atoms with Gasteiger partial charge in [-0.25, -0.2) is 15.0 Å². The largest absolute Gasteiger partial charge is 0.456 e. The third-order valence-electron chi connectivity index (χ3n) is 12.8. The summed E-state index contributed by atoms with van der Waals surface area (Å²) in [5.41, 5.74) is 16.8. The predicted molar refractivity (Wildman–Crippen MR) is 243 cm³/mol. The number of fused-ring (bicyclic) bond motifs is 14. The standard InChI is InChI=1S/C56H33N3O/c1-2-16-34(17-3-1)53-57-54(59-55(58-53)45-26-15-31-50-51(45)44-23-9-13-30-49(44)60-50)43-33-32-37(35-18-4-5-19-36(35)43)41-24-14-25-42-40-22-8-12-29-48(40)56(52(41)42)46-27-10-6-20-38(46)39-21-7-11-28-47(39)56/h1-33H. The maximum Gasteiger partial charge on any atom is 0.164 e. The summed E-state index contributed by atoms with van der Waals surface area (Å²) < 4.78 is 6.31. The molecule has 2 aliphatic carbocycles. The van der Waals surface area contributed by atoms with E-state index in [4.69, 9.17) is 19.4 Å². The smallest absolute Gasteiger partial charge is 0.164 e. The molecule has 278 valence electrons. The molecule has 0 fully saturated rings. The number of furan rings is 1. The zero-order chi connectivity index (χ0) is 39.4. The first-order valence-corrected chi connectivity index (χ1v) is 20.4. The summed E-state index contributed by atoms with van der Waals surface area (Å²) in [7, 11) is 0. The van der Waals surface area contributed by atoms with Crippen molar-refractivity contribution in [3.05, 3.63) is 222 Å². The first-order valence-electron chi connectivity index (χ1n) is 20.4. The molecule has 0 aliphatic heterocycles. The molecule has 0 saturated carbocycles. The van der Waals surface area contributed by atoms with Gasteiger partial charge in [0.15, 0.2) is 17.5 Å². The lowest BCUT2D eigenvalue weighted by Gasteiger charge is -2.32. The van der Waals surface area contributed by atoms with E-state index in [1.54, 1.807) is 0 Å². The fourth-order valence-corrected chi connectivity index (χ4v) is 10.4. The van der Waals surface area contributed by atoms with Crippen LogP contribution in [0.4, 0.5) is 0 Å². The number of nitrogens with zero attached hydrogens (tertiary/aromatic N) is 3. The number of para-hydroxylation sites is 1. The minimum Gasteiger partial charge on any atom is -0.456 e. The Morgan fingerprint density at radius 2 is 0.750 bits per heavy atom. The number of benzene rings is 9. The van der Waals surface area contributed by atoms with E-state index in [2.05, 4.69) is 152 Å². The molecule has 2 aromatic heterocycles. The van der Waals surface area contributed by atoms with Gasteiger partial charge in [0, 0.05) is 27.5 Å². The van der Waals surface area contributed by atoms with Gasteiger partial charge < -0.3 is 4.42 Å². The van der Waals surface area contributed by atoms with E-state index in [-0.39, 0.29) is 0 Å². The Bertz CT molecular complexity index is 3500. The zero-order valence-corrected chi connectivity index (χ0v) is 32.3. The molecule has 0 N–H and O–H groups in total. The fraction of sp³-hybridized carbons (Fsp3) is 0.0179. The summed E-state index contributed by atoms with van der Waals surface area (Å²) in [5.74, 6) is 1.84. The predicted octanol–water partition coefficient (Wildman–Crippen LogP) is 13.9. The van der Waals surface area contributed by atoms with E-state index in [0.717, 1.165) is 49.4 Å². The van der Waals surface area contributed by atoms with Crippen molar-refractivity contribution in [2.24, 2.45) is 0 Å². The molecule has 0 amide bonds. The van der Waals surface area contributed by atoms with Crippen LogP contribution in [0.1, 0.15) is 22.3 Å². The molecule has 4 nitrogen and oxygen atoms in total. The van der Waals surface area contributed by atoms with Crippen molar-refractivity contribution < 1.29 is 4.42 Å². The first kappa shape index (κ1) is 33.1. The quantitative estimate of drug-likeness (QED) is 0.179. The van der Waals surface area contributed by atoms with Gasteiger partial charge in [0.2, 0.25) is 0 Å². The van der Waals surface area contributed by atoms with Crippen molar-refractivity contribution in [2.75, 3.05) is 0 Å². The van der Waals surface area contributed by atoms with E-state index in [9.17, 15) is 0 Å². The van der Waals surface area contributed by atoms with Gasteiger partial charge in [-0.2, -0.15) is 0 Å². The highest BCUT2D eigenvalue weighted by Gasteiger charge is 2.52. The highest BCUT2D eigenvalue weighted by Crippen LogP contribution is 2.64. The Morgan fingerprint density at radius 1 is 0.300 bits per heavy atom. The SMILES string of the molecule is c1ccc(-c2nc(-c3ccc(-c4cccc5c4C4(c6ccccc6-c6ccccc64)c4ccccc4-5)c4ccccc34)nc(-c3cccc4oc5ccccc5c34)n2)cc1. The van der Waals surface area contributed by atoms with Gasteiger partial charge in [0.25, 0.3) is 0 Å². The molecule has 13 rings (SSSR count). The van der Waals surface area contributed by atoms with Crippen molar-refractivity contribution in [3.8, 4) is 67.5 Å². The second-order valence-corrected chi connectivity index (χ2v) is 15.8. The molecule has 0 saturated heterocycles. The van der Waals surface area contributed by atoms with Crippen molar-refractivity contribution >= 4 is 32.7 Å². The molecule has 0 atom stereocenters. The van der Waals surface area contributed by atoms with Crippen molar-refractivity contribution in [2.45, 2.75) is 5.41 Å². The van der Waals surface area contributed by atoms with Gasteiger partial charge in [0.05, 0.1) is 5.41 Å². The highest BCUT2D eigenvalue weighted by molar-refractivity contribution is 6.12. The monoisotopic (exact) mass is 763 g/mol. The molecule has 0 unspecified atom stereocenters. The van der Waals surface area contributed by atoms with E-state index in [1.165, 1.54) is 55.6 Å². The van der Waals surface area contributed by atoms with Crippen molar-refractivity contribution in [3.63, 3.8) is 0 Å². The Balaban J connectivity index is 1.07. The van der Waals surface area contributed by atoms with Crippen LogP contribution in [0.2, 0.25) is 0 Å². The summed E-state index contributed by atoms with van der Waals surface area (Å²) in [6.07, 6.45) is 0. The van der Waals surface area contributed by atoms with Gasteiger partial charge in [-0.05, 0) is 84.6 Å². The van der Waals surface area contributed by atoms with Crippen LogP contribution in [0.15, 0.2) is 205 Å². The lowest BCUT2D eigenvalue weighted by molar-refractivity contribution is 0.669. The minimum absolute atomic E-state index is 0.471. The maximum absolute atomic E-state index is 6.31. The van der Waals surface area contributed by atoms with Crippen LogP contribution < -0.4 is 0 Å². The Hall–Kier alpha value is -7.95. The van der Waals surface area contributed by atoms with E-state index < -0.39 is 5.41 Å². The van der Waals surface area contributed by atoms with Gasteiger partial charge >= 0.3 is 0 Å². The topological polar surface area (TPSA) is 51.8 Å². The van der Waals surface area contributed by atoms with Crippen LogP contribution in [0.5, 0.6) is 0 Å². The molecule has 4 heteroatoms. The van der Waals surface area contributed by atoms with Gasteiger partial charge in [-0.3, -0.25) is 0 Å². The van der Waals surface area contributed by atoms with Crippen molar-refractivity contribution in [1.29, 1.82) is 0 Å². The van der Waals surface area contributed by atoms with Gasteiger partial charge in [-0.1, -0.05) is 182 Å². The summed E-state index contributed by atoms with van der Waals surface area (Å²) >= 11 is 0. The van der Waals surface area contributed by atoms with Gasteiger partial charge in [-0.15, -0.1) is 0 Å². The summed E-state index contributed by atoms with van der Waals surface area (Å²) in [4.78, 5) is 15.7. The molecule has 1 spiro atoms. The van der Waals surface area contributed by atoms with Crippen LogP contribution in [0.3, 0.4) is 0 Å². The molecule has 2 heterocycles. The summed E-state index contributed by atoms with van der Waals surface area (Å²) in [6, 6.07) is 71.5. The first-order chi connectivity index (χ1) is 29.8. The molecule has 11 aromatic rings. The van der Waals surface area contributed by atoms with E-state index >= 15 is 0 Å². The second-order valence-electron chi connectivity index (χ2n) is 15.8. The average Bonchev–Trinajstić information content (AvgIpc) is 3.96. The number of rotatable bonds is 4. The average molecular weight is 764 g/mol. The Labute approximate surface area is 346 Å². The minimum atomic E-state index is -0.471. The third-order valence-corrected chi connectivity index (χ3v) is 12.8. The van der Waals surface area contributed by atoms with E-state index in [0.29, 0.717) is 17.5 Å². The highest BCUT2D eigenvalue weighted by atomic mass is 16.3. The molecule has 2 aliphatic rings. The lowest BCUT2D eigenvalue weighted by Crippen LogP contribution is -2.26. The van der Waals surface area contributed by atoms with Crippen molar-refractivity contribution in [1.82, 2.24) is 15.0 Å². The lowest BCUT2D eigenvalue weighted by atomic mass is 9.68. The molecule has 9 aromatic carbocycles. The number of hydrogen-bond donors (Lipinski definition) is 0. The Kier molecular flexibility index (Phi) is 6.90. The third kappa shape index (κ3) is 4.47. The van der Waals surface area contributed by atoms with Crippen LogP contribution in [-0.4, -0.2) is 15.0 Å². The molecular formula is C56H33N3O. The maximum atomic E-state index is 6.31. The second kappa shape index (κ2) is 12.5. The normalized spacial score (nSPS) is 13.1. The number of hydrogen-bond acceptors (Lipinski definition) is 4. The Morgan fingerprint density at radius 3 is 1.45 bits per heavy atom. The van der Waals surface area contributed by atoms with E-state index in [1.807, 2.05) is 48.5 Å². The fourth-order valence-electron chi connectivity index (χ4n) is 10.4. The summed E-state index contributed by atoms with van der Waals surface area (Å²) in [5, 5.41) is 4.24. The summed E-state index contributed by atoms with van der Waals surface area (Å²) in [6.45, 7) is 0.